The van der Waals surface area contributed by atoms with Gasteiger partial charge in [-0.25, -0.2) is 4.98 Å². The van der Waals surface area contributed by atoms with Crippen molar-refractivity contribution in [3.8, 4) is 11.5 Å². The lowest BCUT2D eigenvalue weighted by Crippen LogP contribution is -2.26. The number of nitrogens with zero attached hydrogens (tertiary/aromatic N) is 4. The maximum Gasteiger partial charge on any atom is 0.258 e. The molecule has 0 amide bonds. The van der Waals surface area contributed by atoms with Gasteiger partial charge in [-0.1, -0.05) is 5.16 Å². The quantitative estimate of drug-likeness (QED) is 0.753. The molecule has 0 saturated carbocycles. The number of pyridine rings is 1. The summed E-state index contributed by atoms with van der Waals surface area (Å²) in [6.07, 6.45) is 1.71. The fourth-order valence-corrected chi connectivity index (χ4v) is 2.80. The van der Waals surface area contributed by atoms with E-state index in [1.165, 1.54) is 5.56 Å². The zero-order chi connectivity index (χ0) is 15.4. The summed E-state index contributed by atoms with van der Waals surface area (Å²) in [6, 6.07) is 5.80. The lowest BCUT2D eigenvalue weighted by atomic mass is 10.2. The van der Waals surface area contributed by atoms with Gasteiger partial charge in [0.15, 0.2) is 5.82 Å². The van der Waals surface area contributed by atoms with E-state index in [4.69, 9.17) is 4.52 Å². The molecule has 7 heteroatoms. The van der Waals surface area contributed by atoms with Gasteiger partial charge in [0.1, 0.15) is 5.82 Å². The molecule has 6 nitrogen and oxygen atoms in total. The molecular weight excluding hydrogens is 300 g/mol. The van der Waals surface area contributed by atoms with E-state index in [0.29, 0.717) is 24.8 Å². The molecule has 3 aromatic heterocycles. The third kappa shape index (κ3) is 3.32. The standard InChI is InChI=1S/C15H16N4O2S/c1-11-17-15(21-18-11)13-2-4-16-14(8-13)19(5-6-20)9-12-3-7-22-10-12/h2-4,7-8,10,20H,5-6,9H2,1H3. The lowest BCUT2D eigenvalue weighted by molar-refractivity contribution is 0.301. The van der Waals surface area contributed by atoms with Crippen molar-refractivity contribution in [1.29, 1.82) is 0 Å². The van der Waals surface area contributed by atoms with Crippen LogP contribution >= 0.6 is 11.3 Å². The fraction of sp³-hybridized carbons (Fsp3) is 0.267. The molecule has 0 aliphatic rings. The number of hydrogen-bond acceptors (Lipinski definition) is 7. The Morgan fingerprint density at radius 3 is 2.95 bits per heavy atom. The van der Waals surface area contributed by atoms with Gasteiger partial charge in [0, 0.05) is 24.8 Å². The van der Waals surface area contributed by atoms with Crippen molar-refractivity contribution in [3.63, 3.8) is 0 Å². The van der Waals surface area contributed by atoms with Crippen LogP contribution in [0.2, 0.25) is 0 Å². The fourth-order valence-electron chi connectivity index (χ4n) is 2.14. The number of anilines is 1. The summed E-state index contributed by atoms with van der Waals surface area (Å²) in [5.74, 6) is 1.84. The van der Waals surface area contributed by atoms with Gasteiger partial charge in [0.2, 0.25) is 0 Å². The van der Waals surface area contributed by atoms with E-state index in [2.05, 4.69) is 26.6 Å². The first-order valence-electron chi connectivity index (χ1n) is 6.90. The summed E-state index contributed by atoms with van der Waals surface area (Å²) in [7, 11) is 0. The third-order valence-corrected chi connectivity index (χ3v) is 3.90. The van der Waals surface area contributed by atoms with Gasteiger partial charge in [-0.2, -0.15) is 16.3 Å². The molecule has 22 heavy (non-hydrogen) atoms. The number of aliphatic hydroxyl groups excluding tert-OH is 1. The van der Waals surface area contributed by atoms with Crippen LogP contribution in [0.1, 0.15) is 11.4 Å². The highest BCUT2D eigenvalue weighted by Crippen LogP contribution is 2.23. The van der Waals surface area contributed by atoms with Crippen LogP contribution in [0.15, 0.2) is 39.7 Å². The second kappa shape index (κ2) is 6.67. The van der Waals surface area contributed by atoms with Gasteiger partial charge in [-0.3, -0.25) is 0 Å². The van der Waals surface area contributed by atoms with Crippen LogP contribution in [0, 0.1) is 6.92 Å². The largest absolute Gasteiger partial charge is 0.395 e. The monoisotopic (exact) mass is 316 g/mol. The van der Waals surface area contributed by atoms with Gasteiger partial charge in [0.25, 0.3) is 5.89 Å². The Morgan fingerprint density at radius 1 is 1.36 bits per heavy atom. The Hall–Kier alpha value is -2.25. The van der Waals surface area contributed by atoms with E-state index < -0.39 is 0 Å². The molecule has 0 aliphatic carbocycles. The minimum Gasteiger partial charge on any atom is -0.395 e. The van der Waals surface area contributed by atoms with E-state index in [1.807, 2.05) is 22.4 Å². The molecule has 0 spiro atoms. The summed E-state index contributed by atoms with van der Waals surface area (Å²) >= 11 is 1.65. The van der Waals surface area contributed by atoms with Gasteiger partial charge in [-0.05, 0) is 41.4 Å². The molecule has 0 aliphatic heterocycles. The first-order valence-corrected chi connectivity index (χ1v) is 7.84. The van der Waals surface area contributed by atoms with E-state index in [0.717, 1.165) is 11.4 Å². The molecule has 0 fully saturated rings. The normalized spacial score (nSPS) is 10.8. The second-order valence-corrected chi connectivity index (χ2v) is 5.61. The molecule has 3 rings (SSSR count). The Balaban J connectivity index is 1.87. The van der Waals surface area contributed by atoms with Gasteiger partial charge in [0.05, 0.1) is 6.61 Å². The van der Waals surface area contributed by atoms with Crippen molar-refractivity contribution >= 4 is 17.2 Å². The number of rotatable bonds is 6. The highest BCUT2D eigenvalue weighted by molar-refractivity contribution is 7.07. The van der Waals surface area contributed by atoms with Gasteiger partial charge >= 0.3 is 0 Å². The topological polar surface area (TPSA) is 75.3 Å². The zero-order valence-electron chi connectivity index (χ0n) is 12.1. The number of aryl methyl sites for hydroxylation is 1. The molecular formula is C15H16N4O2S. The van der Waals surface area contributed by atoms with Gasteiger partial charge < -0.3 is 14.5 Å². The number of aliphatic hydroxyl groups is 1. The van der Waals surface area contributed by atoms with E-state index in [-0.39, 0.29) is 6.61 Å². The van der Waals surface area contributed by atoms with Crippen LogP contribution in [0.25, 0.3) is 11.5 Å². The van der Waals surface area contributed by atoms with Crippen molar-refractivity contribution in [2.24, 2.45) is 0 Å². The maximum absolute atomic E-state index is 9.31. The first-order chi connectivity index (χ1) is 10.8. The molecule has 3 heterocycles. The summed E-state index contributed by atoms with van der Waals surface area (Å²) in [5.41, 5.74) is 2.01. The smallest absolute Gasteiger partial charge is 0.258 e. The van der Waals surface area contributed by atoms with E-state index in [1.54, 1.807) is 24.5 Å². The Morgan fingerprint density at radius 2 is 2.27 bits per heavy atom. The Kier molecular flexibility index (Phi) is 4.45. The molecule has 0 bridgehead atoms. The van der Waals surface area contributed by atoms with Crippen molar-refractivity contribution in [1.82, 2.24) is 15.1 Å². The van der Waals surface area contributed by atoms with Crippen LogP contribution in [0.4, 0.5) is 5.82 Å². The minimum atomic E-state index is 0.0652. The summed E-state index contributed by atoms with van der Waals surface area (Å²) in [5, 5.41) is 17.2. The minimum absolute atomic E-state index is 0.0652. The van der Waals surface area contributed by atoms with Crippen LogP contribution in [0.3, 0.4) is 0 Å². The van der Waals surface area contributed by atoms with Crippen molar-refractivity contribution in [2.45, 2.75) is 13.5 Å². The SMILES string of the molecule is Cc1noc(-c2ccnc(N(CCO)Cc3ccsc3)c2)n1. The lowest BCUT2D eigenvalue weighted by Gasteiger charge is -2.22. The van der Waals surface area contributed by atoms with Crippen LogP contribution < -0.4 is 4.90 Å². The number of thiophene rings is 1. The summed E-state index contributed by atoms with van der Waals surface area (Å²) in [4.78, 5) is 10.7. The predicted molar refractivity (Wildman–Crippen MR) is 84.7 cm³/mol. The molecule has 0 aromatic carbocycles. The van der Waals surface area contributed by atoms with Gasteiger partial charge in [-0.15, -0.1) is 0 Å². The van der Waals surface area contributed by atoms with Crippen LogP contribution in [-0.2, 0) is 6.54 Å². The second-order valence-electron chi connectivity index (χ2n) is 4.83. The number of aromatic nitrogens is 3. The molecule has 0 unspecified atom stereocenters. The summed E-state index contributed by atoms with van der Waals surface area (Å²) in [6.45, 7) is 3.05. The number of hydrogen-bond donors (Lipinski definition) is 1. The molecule has 3 aromatic rings. The molecule has 0 saturated heterocycles. The summed E-state index contributed by atoms with van der Waals surface area (Å²) < 4.78 is 5.20. The highest BCUT2D eigenvalue weighted by Gasteiger charge is 2.12. The van der Waals surface area contributed by atoms with E-state index in [9.17, 15) is 5.11 Å². The first kappa shape index (κ1) is 14.7. The van der Waals surface area contributed by atoms with Crippen molar-refractivity contribution < 1.29 is 9.63 Å². The Labute approximate surface area is 132 Å². The molecule has 1 N–H and O–H groups in total. The zero-order valence-corrected chi connectivity index (χ0v) is 13.0. The average Bonchev–Trinajstić information content (AvgIpc) is 3.19. The van der Waals surface area contributed by atoms with E-state index >= 15 is 0 Å². The molecule has 0 radical (unpaired) electrons. The predicted octanol–water partition coefficient (Wildman–Crippen LogP) is 2.50. The third-order valence-electron chi connectivity index (χ3n) is 3.17. The van der Waals surface area contributed by atoms with Crippen molar-refractivity contribution in [3.05, 3.63) is 46.5 Å². The Bertz CT molecular complexity index is 727. The van der Waals surface area contributed by atoms with Crippen LogP contribution in [-0.4, -0.2) is 33.4 Å². The van der Waals surface area contributed by atoms with Crippen molar-refractivity contribution in [2.75, 3.05) is 18.1 Å². The maximum atomic E-state index is 9.31. The molecule has 0 atom stereocenters. The van der Waals surface area contributed by atoms with Crippen LogP contribution in [0.5, 0.6) is 0 Å². The molecule has 114 valence electrons. The average molecular weight is 316 g/mol. The highest BCUT2D eigenvalue weighted by atomic mass is 32.1.